The van der Waals surface area contributed by atoms with Crippen LogP contribution in [0, 0.1) is 32.4 Å². The molecule has 0 aliphatic carbocycles. The first kappa shape index (κ1) is 21.9. The summed E-state index contributed by atoms with van der Waals surface area (Å²) >= 11 is 1.51. The van der Waals surface area contributed by atoms with Gasteiger partial charge in [-0.2, -0.15) is 4.31 Å². The molecule has 0 amide bonds. The van der Waals surface area contributed by atoms with Crippen LogP contribution < -0.4 is 4.90 Å². The van der Waals surface area contributed by atoms with Gasteiger partial charge >= 0.3 is 0 Å². The molecule has 0 atom stereocenters. The molecule has 1 saturated heterocycles. The maximum absolute atomic E-state index is 14.0. The summed E-state index contributed by atoms with van der Waals surface area (Å²) in [5.41, 5.74) is 5.55. The Bertz CT molecular complexity index is 1190. The highest BCUT2D eigenvalue weighted by Gasteiger charge is 2.33. The van der Waals surface area contributed by atoms with Crippen molar-refractivity contribution in [2.45, 2.75) is 25.7 Å². The Morgan fingerprint density at radius 1 is 0.968 bits per heavy atom. The Morgan fingerprint density at radius 2 is 1.55 bits per heavy atom. The highest BCUT2D eigenvalue weighted by atomic mass is 32.2. The van der Waals surface area contributed by atoms with Crippen molar-refractivity contribution in [2.75, 3.05) is 31.1 Å². The molecule has 0 spiro atoms. The molecule has 1 aliphatic heterocycles. The van der Waals surface area contributed by atoms with E-state index in [4.69, 9.17) is 4.98 Å². The van der Waals surface area contributed by atoms with Gasteiger partial charge in [-0.05, 0) is 44.0 Å². The summed E-state index contributed by atoms with van der Waals surface area (Å²) in [5.74, 6) is -2.15. The fraction of sp³-hybridized carbons (Fsp3) is 0.318. The zero-order chi connectivity index (χ0) is 22.3. The van der Waals surface area contributed by atoms with E-state index in [0.29, 0.717) is 13.1 Å². The molecule has 0 radical (unpaired) electrons. The lowest BCUT2D eigenvalue weighted by molar-refractivity contribution is 0.378. The number of benzene rings is 2. The van der Waals surface area contributed by atoms with Crippen LogP contribution in [0.4, 0.5) is 13.9 Å². The number of rotatable bonds is 4. The predicted molar refractivity (Wildman–Crippen MR) is 119 cm³/mol. The first-order valence-corrected chi connectivity index (χ1v) is 12.2. The number of hydrogen-bond acceptors (Lipinski definition) is 5. The number of anilines is 1. The van der Waals surface area contributed by atoms with Gasteiger partial charge < -0.3 is 4.90 Å². The Balaban J connectivity index is 1.52. The van der Waals surface area contributed by atoms with E-state index in [1.807, 2.05) is 10.3 Å². The van der Waals surface area contributed by atoms with E-state index in [1.54, 1.807) is 0 Å². The number of sulfonamides is 1. The van der Waals surface area contributed by atoms with Crippen molar-refractivity contribution in [1.29, 1.82) is 0 Å². The minimum Gasteiger partial charge on any atom is -0.345 e. The number of halogens is 2. The van der Waals surface area contributed by atoms with Crippen LogP contribution in [-0.4, -0.2) is 43.9 Å². The molecule has 0 N–H and O–H groups in total. The quantitative estimate of drug-likeness (QED) is 0.571. The van der Waals surface area contributed by atoms with Gasteiger partial charge in [-0.1, -0.05) is 23.8 Å². The molecule has 1 fully saturated rings. The van der Waals surface area contributed by atoms with Crippen molar-refractivity contribution in [3.8, 4) is 11.3 Å². The standard InChI is InChI=1S/C22H23F2N3O2S2/c1-14-11-15(2)20(16(3)12-14)19-13-30-22(25-19)26-7-9-27(10-8-26)31(28,29)21-17(23)5-4-6-18(21)24/h4-6,11-13H,7-10H2,1-3H3. The van der Waals surface area contributed by atoms with Gasteiger partial charge in [-0.3, -0.25) is 0 Å². The van der Waals surface area contributed by atoms with Crippen LogP contribution in [0.2, 0.25) is 0 Å². The molecule has 2 heterocycles. The Morgan fingerprint density at radius 3 is 2.13 bits per heavy atom. The van der Waals surface area contributed by atoms with E-state index in [9.17, 15) is 17.2 Å². The molecule has 3 aromatic rings. The summed E-state index contributed by atoms with van der Waals surface area (Å²) < 4.78 is 54.8. The largest absolute Gasteiger partial charge is 0.345 e. The van der Waals surface area contributed by atoms with E-state index in [0.717, 1.165) is 50.0 Å². The van der Waals surface area contributed by atoms with Gasteiger partial charge in [0.1, 0.15) is 11.6 Å². The van der Waals surface area contributed by atoms with Crippen molar-refractivity contribution in [2.24, 2.45) is 0 Å². The van der Waals surface area contributed by atoms with Gasteiger partial charge in [-0.15, -0.1) is 11.3 Å². The second-order valence-electron chi connectivity index (χ2n) is 7.73. The van der Waals surface area contributed by atoms with Gasteiger partial charge in [-0.25, -0.2) is 22.2 Å². The van der Waals surface area contributed by atoms with E-state index >= 15 is 0 Å². The predicted octanol–water partition coefficient (Wildman–Crippen LogP) is 4.52. The van der Waals surface area contributed by atoms with Crippen LogP contribution in [0.15, 0.2) is 40.6 Å². The SMILES string of the molecule is Cc1cc(C)c(-c2csc(N3CCN(S(=O)(=O)c4c(F)cccc4F)CC3)n2)c(C)c1. The van der Waals surface area contributed by atoms with Gasteiger partial charge in [0, 0.05) is 37.1 Å². The topological polar surface area (TPSA) is 53.5 Å². The molecule has 2 aromatic carbocycles. The van der Waals surface area contributed by atoms with Crippen molar-refractivity contribution in [3.05, 3.63) is 64.0 Å². The molecule has 0 saturated carbocycles. The lowest BCUT2D eigenvalue weighted by Gasteiger charge is -2.33. The fourth-order valence-corrected chi connectivity index (χ4v) is 6.49. The summed E-state index contributed by atoms with van der Waals surface area (Å²) in [6.07, 6.45) is 0. The highest BCUT2D eigenvalue weighted by molar-refractivity contribution is 7.89. The van der Waals surface area contributed by atoms with Gasteiger partial charge in [0.2, 0.25) is 10.0 Å². The molecule has 164 valence electrons. The monoisotopic (exact) mass is 463 g/mol. The third kappa shape index (κ3) is 4.09. The Kier molecular flexibility index (Phi) is 5.85. The molecule has 0 bridgehead atoms. The molecule has 1 aliphatic rings. The number of aromatic nitrogens is 1. The van der Waals surface area contributed by atoms with Gasteiger partial charge in [0.25, 0.3) is 0 Å². The average molecular weight is 464 g/mol. The summed E-state index contributed by atoms with van der Waals surface area (Å²) in [5, 5.41) is 2.82. The Labute approximate surface area is 185 Å². The van der Waals surface area contributed by atoms with Crippen LogP contribution in [0.3, 0.4) is 0 Å². The van der Waals surface area contributed by atoms with Crippen LogP contribution in [-0.2, 0) is 10.0 Å². The fourth-order valence-electron chi connectivity index (χ4n) is 4.09. The maximum atomic E-state index is 14.0. The van der Waals surface area contributed by atoms with Gasteiger partial charge in [0.05, 0.1) is 5.69 Å². The van der Waals surface area contributed by atoms with Crippen molar-refractivity contribution >= 4 is 26.5 Å². The molecule has 31 heavy (non-hydrogen) atoms. The molecule has 5 nitrogen and oxygen atoms in total. The second-order valence-corrected chi connectivity index (χ2v) is 10.4. The van der Waals surface area contributed by atoms with Crippen LogP contribution in [0.5, 0.6) is 0 Å². The number of piperazine rings is 1. The average Bonchev–Trinajstić information content (AvgIpc) is 3.16. The number of hydrogen-bond donors (Lipinski definition) is 0. The highest BCUT2D eigenvalue weighted by Crippen LogP contribution is 2.33. The molecule has 9 heteroatoms. The van der Waals surface area contributed by atoms with Crippen molar-refractivity contribution < 1.29 is 17.2 Å². The lowest BCUT2D eigenvalue weighted by atomic mass is 9.98. The number of aryl methyl sites for hydroxylation is 3. The maximum Gasteiger partial charge on any atom is 0.249 e. The smallest absolute Gasteiger partial charge is 0.249 e. The van der Waals surface area contributed by atoms with Crippen LogP contribution in [0.25, 0.3) is 11.3 Å². The van der Waals surface area contributed by atoms with Gasteiger partial charge in [0.15, 0.2) is 10.0 Å². The van der Waals surface area contributed by atoms with E-state index in [-0.39, 0.29) is 13.1 Å². The second kappa shape index (κ2) is 8.29. The molecular formula is C22H23F2N3O2S2. The molecule has 1 aromatic heterocycles. The van der Waals surface area contributed by atoms with Crippen LogP contribution in [0.1, 0.15) is 16.7 Å². The summed E-state index contributed by atoms with van der Waals surface area (Å²) in [6, 6.07) is 7.33. The Hall–Kier alpha value is -2.36. The third-order valence-corrected chi connectivity index (χ3v) is 8.30. The van der Waals surface area contributed by atoms with Crippen molar-refractivity contribution in [1.82, 2.24) is 9.29 Å². The first-order valence-electron chi connectivity index (χ1n) is 9.91. The summed E-state index contributed by atoms with van der Waals surface area (Å²) in [4.78, 5) is 5.91. The molecule has 4 rings (SSSR count). The van der Waals surface area contributed by atoms with Crippen molar-refractivity contribution in [3.63, 3.8) is 0 Å². The summed E-state index contributed by atoms with van der Waals surface area (Å²) in [7, 11) is -4.24. The first-order chi connectivity index (χ1) is 14.7. The molecular weight excluding hydrogens is 440 g/mol. The normalized spacial score (nSPS) is 15.5. The van der Waals surface area contributed by atoms with E-state index in [1.165, 1.54) is 16.9 Å². The minimum atomic E-state index is -4.24. The molecule has 0 unspecified atom stereocenters. The third-order valence-electron chi connectivity index (χ3n) is 5.45. The minimum absolute atomic E-state index is 0.133. The number of nitrogens with zero attached hydrogens (tertiary/aromatic N) is 3. The van der Waals surface area contributed by atoms with E-state index < -0.39 is 26.6 Å². The zero-order valence-corrected chi connectivity index (χ0v) is 19.2. The number of thiazole rings is 1. The van der Waals surface area contributed by atoms with Crippen LogP contribution >= 0.6 is 11.3 Å². The van der Waals surface area contributed by atoms with E-state index in [2.05, 4.69) is 32.9 Å². The lowest BCUT2D eigenvalue weighted by Crippen LogP contribution is -2.49. The summed E-state index contributed by atoms with van der Waals surface area (Å²) in [6.45, 7) is 7.26. The zero-order valence-electron chi connectivity index (χ0n) is 17.5.